The molecule has 10 atom stereocenters. The van der Waals surface area contributed by atoms with Gasteiger partial charge in [-0.25, -0.2) is 9.59 Å². The van der Waals surface area contributed by atoms with E-state index in [4.69, 9.17) is 49.0 Å². The number of methoxy groups -OCH3 is 6. The number of ether oxygens (including phenoxy) is 8. The van der Waals surface area contributed by atoms with E-state index < -0.39 is 60.8 Å². The van der Waals surface area contributed by atoms with Crippen molar-refractivity contribution in [2.45, 2.75) is 74.6 Å². The van der Waals surface area contributed by atoms with E-state index in [1.54, 1.807) is 66.3 Å². The number of carbonyl (C=O) groups excluding carboxylic acids is 2. The first kappa shape index (κ1) is 40.0. The second kappa shape index (κ2) is 22.5. The first-order valence-corrected chi connectivity index (χ1v) is 14.0. The van der Waals surface area contributed by atoms with E-state index in [-0.39, 0.29) is 0 Å². The van der Waals surface area contributed by atoms with E-state index in [9.17, 15) is 9.59 Å². The van der Waals surface area contributed by atoms with Gasteiger partial charge in [0.15, 0.2) is 0 Å². The van der Waals surface area contributed by atoms with Gasteiger partial charge in [-0.1, -0.05) is 10.2 Å². The van der Waals surface area contributed by atoms with Gasteiger partial charge in [-0.15, -0.1) is 0 Å². The second-order valence-corrected chi connectivity index (χ2v) is 9.88. The molecule has 46 heavy (non-hydrogen) atoms. The summed E-state index contributed by atoms with van der Waals surface area (Å²) in [4.78, 5) is 26.8. The zero-order chi connectivity index (χ0) is 34.5. The fourth-order valence-electron chi connectivity index (χ4n) is 5.17. The molecule has 18 nitrogen and oxygen atoms in total. The van der Waals surface area contributed by atoms with E-state index in [2.05, 4.69) is 30.7 Å². The van der Waals surface area contributed by atoms with Crippen molar-refractivity contribution in [1.82, 2.24) is 10.6 Å². The standard InChI is InChI=1S/2C14H22N4O5/c2*1-9-7-10(17-18-15)12(16-5-6-19)14(23-9)13(22-4)11(21-3)8-20-2/h2*5,7,10-14,16H,8H2,1-4H3/t2*10?,11?,12?,13?,14-/m11/s1. The Morgan fingerprint density at radius 3 is 1.39 bits per heavy atom. The lowest BCUT2D eigenvalue weighted by Crippen LogP contribution is -2.57. The molecule has 256 valence electrons. The molecule has 0 aromatic carbocycles. The molecular weight excluding hydrogens is 608 g/mol. The molecule has 0 fully saturated rings. The fraction of sp³-hybridized carbons (Fsp3) is 0.714. The maximum absolute atomic E-state index is 10.5. The highest BCUT2D eigenvalue weighted by Gasteiger charge is 2.43. The Kier molecular flexibility index (Phi) is 19.5. The fourth-order valence-corrected chi connectivity index (χ4v) is 5.17. The molecule has 0 amide bonds. The molecule has 18 heteroatoms. The molecule has 2 N–H and O–H groups in total. The summed E-state index contributed by atoms with van der Waals surface area (Å²) in [6.45, 7) is 4.09. The zero-order valence-electron chi connectivity index (χ0n) is 27.3. The van der Waals surface area contributed by atoms with Gasteiger partial charge in [-0.3, -0.25) is 0 Å². The number of allylic oxidation sites excluding steroid dienone is 2. The summed E-state index contributed by atoms with van der Waals surface area (Å²) in [6, 6.07) is -2.15. The van der Waals surface area contributed by atoms with Crippen LogP contribution in [0.25, 0.3) is 20.9 Å². The molecule has 2 aliphatic heterocycles. The smallest absolute Gasteiger partial charge is 0.147 e. The van der Waals surface area contributed by atoms with Crippen LogP contribution in [0.5, 0.6) is 0 Å². The van der Waals surface area contributed by atoms with Crippen LogP contribution in [0.1, 0.15) is 13.8 Å². The Bertz CT molecular complexity index is 1090. The molecule has 2 rings (SSSR count). The Hall–Kier alpha value is -4.04. The predicted octanol–water partition coefficient (Wildman–Crippen LogP) is 1.90. The normalized spacial score (nSPS) is 25.9. The molecule has 0 aromatic heterocycles. The zero-order valence-corrected chi connectivity index (χ0v) is 27.3. The summed E-state index contributed by atoms with van der Waals surface area (Å²) in [6.07, 6.45) is 2.61. The van der Waals surface area contributed by atoms with Gasteiger partial charge in [-0.2, -0.15) is 0 Å². The molecule has 2 aliphatic rings. The highest BCUT2D eigenvalue weighted by atomic mass is 16.6. The quantitative estimate of drug-likeness (QED) is 0.0936. The lowest BCUT2D eigenvalue weighted by atomic mass is 9.92. The number of hydrogen-bond acceptors (Lipinski definition) is 14. The van der Waals surface area contributed by atoms with Crippen LogP contribution >= 0.6 is 0 Å². The number of hydrogen-bond donors (Lipinski definition) is 2. The van der Waals surface area contributed by atoms with Crippen LogP contribution < -0.4 is 10.6 Å². The van der Waals surface area contributed by atoms with Crippen molar-refractivity contribution >= 4 is 11.9 Å². The second-order valence-electron chi connectivity index (χ2n) is 9.88. The van der Waals surface area contributed by atoms with E-state index in [1.165, 1.54) is 14.2 Å². The third kappa shape index (κ3) is 11.7. The summed E-state index contributed by atoms with van der Waals surface area (Å²) < 4.78 is 43.9. The topological polar surface area (TPSA) is 230 Å². The molecule has 8 unspecified atom stereocenters. The molecule has 0 aliphatic carbocycles. The minimum absolute atomic E-state index is 0.292. The van der Waals surface area contributed by atoms with E-state index in [0.717, 1.165) is 12.4 Å². The van der Waals surface area contributed by atoms with Crippen molar-refractivity contribution in [2.75, 3.05) is 55.9 Å². The molecule has 0 radical (unpaired) electrons. The van der Waals surface area contributed by atoms with Gasteiger partial charge in [0.05, 0.1) is 61.3 Å². The highest BCUT2D eigenvalue weighted by Crippen LogP contribution is 2.28. The summed E-state index contributed by atoms with van der Waals surface area (Å²) in [5.41, 5.74) is 17.5. The molecular formula is C28H44N8O10. The minimum atomic E-state index is -0.565. The van der Waals surface area contributed by atoms with Crippen LogP contribution in [0.2, 0.25) is 0 Å². The SMILES string of the molecule is COCC(OC)C(OC)[C@@H]1OC(C)=CC(N=[N+]=[N-])C1NC=C=O.COCC(OC)C(OC)[C@@H]1OC(C)=CC(N=[N+]=[N-])C1NC=C=O. The molecule has 0 spiro atoms. The Labute approximate surface area is 267 Å². The average Bonchev–Trinajstić information content (AvgIpc) is 3.04. The van der Waals surface area contributed by atoms with Gasteiger partial charge in [0.1, 0.15) is 48.5 Å². The summed E-state index contributed by atoms with van der Waals surface area (Å²) in [5, 5.41) is 13.2. The molecule has 0 aromatic rings. The highest BCUT2D eigenvalue weighted by molar-refractivity contribution is 5.44. The first-order valence-electron chi connectivity index (χ1n) is 14.0. The lowest BCUT2D eigenvalue weighted by Gasteiger charge is -2.40. The molecule has 2 heterocycles. The van der Waals surface area contributed by atoms with Crippen LogP contribution in [0.15, 0.2) is 46.3 Å². The van der Waals surface area contributed by atoms with Crippen molar-refractivity contribution in [1.29, 1.82) is 0 Å². The lowest BCUT2D eigenvalue weighted by molar-refractivity contribution is -0.132. The average molecular weight is 653 g/mol. The number of rotatable bonds is 18. The van der Waals surface area contributed by atoms with Gasteiger partial charge in [-0.05, 0) is 37.1 Å². The maximum atomic E-state index is 10.5. The van der Waals surface area contributed by atoms with Crippen LogP contribution in [-0.2, 0) is 47.5 Å². The van der Waals surface area contributed by atoms with Crippen LogP contribution in [0.3, 0.4) is 0 Å². The predicted molar refractivity (Wildman–Crippen MR) is 164 cm³/mol. The van der Waals surface area contributed by atoms with Gasteiger partial charge in [0.2, 0.25) is 0 Å². The Morgan fingerprint density at radius 1 is 0.761 bits per heavy atom. The van der Waals surface area contributed by atoms with Crippen molar-refractivity contribution in [2.24, 2.45) is 10.2 Å². The number of nitrogens with zero attached hydrogens (tertiary/aromatic N) is 6. The van der Waals surface area contributed by atoms with Gasteiger partial charge >= 0.3 is 0 Å². The van der Waals surface area contributed by atoms with Crippen molar-refractivity contribution in [3.8, 4) is 0 Å². The largest absolute Gasteiger partial charge is 0.490 e. The van der Waals surface area contributed by atoms with Crippen molar-refractivity contribution in [3.05, 3.63) is 57.0 Å². The molecule has 0 saturated heterocycles. The minimum Gasteiger partial charge on any atom is -0.490 e. The summed E-state index contributed by atoms with van der Waals surface area (Å²) in [7, 11) is 9.25. The number of nitrogens with one attached hydrogen (secondary N) is 2. The monoisotopic (exact) mass is 652 g/mol. The van der Waals surface area contributed by atoms with Crippen LogP contribution in [0, 0.1) is 0 Å². The summed E-state index contributed by atoms with van der Waals surface area (Å²) in [5.74, 6) is 4.47. The maximum Gasteiger partial charge on any atom is 0.147 e. The third-order valence-electron chi connectivity index (χ3n) is 7.13. The number of azide groups is 2. The van der Waals surface area contributed by atoms with E-state index >= 15 is 0 Å². The van der Waals surface area contributed by atoms with E-state index in [1.807, 2.05) is 0 Å². The Balaban J connectivity index is 0.000000460. The van der Waals surface area contributed by atoms with Gasteiger partial charge in [0, 0.05) is 52.5 Å². The van der Waals surface area contributed by atoms with Gasteiger partial charge < -0.3 is 48.5 Å². The molecule has 0 saturated carbocycles. The van der Waals surface area contributed by atoms with Crippen LogP contribution in [-0.4, -0.2) is 129 Å². The van der Waals surface area contributed by atoms with Gasteiger partial charge in [0.25, 0.3) is 0 Å². The first-order chi connectivity index (χ1) is 22.2. The van der Waals surface area contributed by atoms with Crippen molar-refractivity contribution < 1.29 is 47.5 Å². The van der Waals surface area contributed by atoms with Crippen molar-refractivity contribution in [3.63, 3.8) is 0 Å². The summed E-state index contributed by atoms with van der Waals surface area (Å²) >= 11 is 0. The van der Waals surface area contributed by atoms with Crippen LogP contribution in [0.4, 0.5) is 0 Å². The third-order valence-corrected chi connectivity index (χ3v) is 7.13. The molecule has 0 bridgehead atoms. The van der Waals surface area contributed by atoms with E-state index in [0.29, 0.717) is 24.7 Å². The Morgan fingerprint density at radius 2 is 1.13 bits per heavy atom.